The Kier molecular flexibility index (Phi) is 6.70. The molecule has 2 aromatic rings. The summed E-state index contributed by atoms with van der Waals surface area (Å²) < 4.78 is 29.2. The zero-order valence-corrected chi connectivity index (χ0v) is 23.3. The van der Waals surface area contributed by atoms with E-state index in [0.717, 1.165) is 0 Å². The van der Waals surface area contributed by atoms with Crippen LogP contribution in [0.5, 0.6) is 0 Å². The van der Waals surface area contributed by atoms with E-state index < -0.39 is 40.7 Å². The van der Waals surface area contributed by atoms with Crippen molar-refractivity contribution in [2.24, 2.45) is 11.3 Å². The molecule has 2 aromatic carbocycles. The molecule has 0 radical (unpaired) electrons. The fraction of sp³-hybridized carbons (Fsp3) is 0.517. The largest absolute Gasteiger partial charge is 0.390 e. The van der Waals surface area contributed by atoms with Crippen molar-refractivity contribution in [1.82, 2.24) is 5.32 Å². The topological polar surface area (TPSA) is 78.4 Å². The van der Waals surface area contributed by atoms with Gasteiger partial charge in [0.05, 0.1) is 21.7 Å². The van der Waals surface area contributed by atoms with Gasteiger partial charge in [0.2, 0.25) is 5.91 Å². The number of carbonyl (C=O) groups is 2. The maximum absolute atomic E-state index is 15.0. The van der Waals surface area contributed by atoms with Gasteiger partial charge in [0, 0.05) is 24.1 Å². The summed E-state index contributed by atoms with van der Waals surface area (Å²) in [5, 5.41) is 16.3. The molecule has 4 atom stereocenters. The predicted molar refractivity (Wildman–Crippen MR) is 144 cm³/mol. The van der Waals surface area contributed by atoms with Gasteiger partial charge in [0.1, 0.15) is 17.0 Å². The molecule has 1 saturated carbocycles. The van der Waals surface area contributed by atoms with Crippen molar-refractivity contribution >= 4 is 40.6 Å². The molecule has 3 aliphatic rings. The Morgan fingerprint density at radius 1 is 1.11 bits per heavy atom. The standard InChI is InChI=1S/C29H32Cl2F2N2O3/c1-27(2,3)13-23-29(16-9-20(33)18(31)10-21(16)34-26(29)37)24(15-5-6-19(32)17(30)8-15)25(35-23)22(36)7-14-11-28(4,38)12-14/h5-6,8-10,14,23-25,35,38H,7,11-13H2,1-4H3,(H,34,37)/t14?,23-,24+,25+,28?,29+/m1/s1. The summed E-state index contributed by atoms with van der Waals surface area (Å²) in [5.41, 5.74) is -1.09. The second-order valence-electron chi connectivity index (χ2n) is 12.7. The number of aliphatic hydroxyl groups is 1. The lowest BCUT2D eigenvalue weighted by Gasteiger charge is -2.41. The van der Waals surface area contributed by atoms with Crippen LogP contribution in [-0.2, 0) is 15.0 Å². The van der Waals surface area contributed by atoms with E-state index in [-0.39, 0.29) is 39.5 Å². The zero-order valence-electron chi connectivity index (χ0n) is 21.8. The Morgan fingerprint density at radius 3 is 2.37 bits per heavy atom. The molecule has 2 heterocycles. The predicted octanol–water partition coefficient (Wildman–Crippen LogP) is 6.14. The molecular formula is C29H32Cl2F2N2O3. The number of hydrogen-bond acceptors (Lipinski definition) is 4. The lowest BCUT2D eigenvalue weighted by atomic mass is 9.61. The van der Waals surface area contributed by atoms with Crippen LogP contribution in [0.1, 0.15) is 70.4 Å². The van der Waals surface area contributed by atoms with Gasteiger partial charge in [0.25, 0.3) is 0 Å². The van der Waals surface area contributed by atoms with Crippen molar-refractivity contribution in [3.63, 3.8) is 0 Å². The Hall–Kier alpha value is -2.06. The van der Waals surface area contributed by atoms with Gasteiger partial charge in [-0.25, -0.2) is 8.78 Å². The third-order valence-corrected chi connectivity index (χ3v) is 8.88. The number of anilines is 1. The van der Waals surface area contributed by atoms with Crippen molar-refractivity contribution in [2.75, 3.05) is 5.32 Å². The van der Waals surface area contributed by atoms with E-state index in [2.05, 4.69) is 10.6 Å². The smallest absolute Gasteiger partial charge is 0.237 e. The van der Waals surface area contributed by atoms with Crippen LogP contribution >= 0.6 is 23.2 Å². The van der Waals surface area contributed by atoms with Gasteiger partial charge in [0.15, 0.2) is 5.78 Å². The number of nitrogens with one attached hydrogen (secondary N) is 2. The minimum Gasteiger partial charge on any atom is -0.390 e. The number of amides is 1. The van der Waals surface area contributed by atoms with E-state index in [0.29, 0.717) is 36.1 Å². The maximum Gasteiger partial charge on any atom is 0.237 e. The van der Waals surface area contributed by atoms with E-state index in [4.69, 9.17) is 23.2 Å². The molecular weight excluding hydrogens is 533 g/mol. The van der Waals surface area contributed by atoms with Crippen molar-refractivity contribution in [2.45, 2.75) is 82.4 Å². The van der Waals surface area contributed by atoms with Gasteiger partial charge in [-0.15, -0.1) is 0 Å². The zero-order chi connectivity index (χ0) is 27.8. The minimum absolute atomic E-state index is 0.0234. The number of benzene rings is 2. The van der Waals surface area contributed by atoms with Crippen molar-refractivity contribution in [3.8, 4) is 0 Å². The highest BCUT2D eigenvalue weighted by Gasteiger charge is 2.66. The molecule has 1 aliphatic carbocycles. The summed E-state index contributed by atoms with van der Waals surface area (Å²) in [7, 11) is 0. The fourth-order valence-electron chi connectivity index (χ4n) is 6.93. The average molecular weight is 565 g/mol. The van der Waals surface area contributed by atoms with Crippen LogP contribution in [0.4, 0.5) is 14.5 Å². The van der Waals surface area contributed by atoms with Gasteiger partial charge < -0.3 is 15.7 Å². The number of ketones is 1. The van der Waals surface area contributed by atoms with Crippen LogP contribution in [0.15, 0.2) is 30.3 Å². The number of fused-ring (bicyclic) bond motifs is 2. The molecule has 1 saturated heterocycles. The summed E-state index contributed by atoms with van der Waals surface area (Å²) in [6.45, 7) is 7.86. The van der Waals surface area contributed by atoms with Crippen molar-refractivity contribution < 1.29 is 23.5 Å². The highest BCUT2D eigenvalue weighted by molar-refractivity contribution is 6.31. The molecule has 9 heteroatoms. The Balaban J connectivity index is 1.69. The second-order valence-corrected chi connectivity index (χ2v) is 13.5. The fourth-order valence-corrected chi connectivity index (χ4v) is 7.28. The first-order valence-corrected chi connectivity index (χ1v) is 13.6. The molecule has 0 aromatic heterocycles. The van der Waals surface area contributed by atoms with E-state index in [9.17, 15) is 23.5 Å². The third kappa shape index (κ3) is 4.55. The highest BCUT2D eigenvalue weighted by atomic mass is 35.5. The van der Waals surface area contributed by atoms with E-state index in [1.165, 1.54) is 24.3 Å². The molecule has 0 bridgehead atoms. The van der Waals surface area contributed by atoms with Gasteiger partial charge in [-0.05, 0) is 72.9 Å². The Morgan fingerprint density at radius 2 is 1.76 bits per heavy atom. The Labute approximate surface area is 231 Å². The summed E-state index contributed by atoms with van der Waals surface area (Å²) in [6, 6.07) is 5.54. The van der Waals surface area contributed by atoms with Crippen LogP contribution in [0, 0.1) is 23.0 Å². The maximum atomic E-state index is 15.0. The van der Waals surface area contributed by atoms with Crippen molar-refractivity contribution in [1.29, 1.82) is 0 Å². The molecule has 204 valence electrons. The van der Waals surface area contributed by atoms with Crippen LogP contribution in [-0.4, -0.2) is 34.5 Å². The van der Waals surface area contributed by atoms with E-state index >= 15 is 0 Å². The molecule has 38 heavy (non-hydrogen) atoms. The van der Waals surface area contributed by atoms with Gasteiger partial charge in [-0.2, -0.15) is 0 Å². The molecule has 1 spiro atoms. The summed E-state index contributed by atoms with van der Waals surface area (Å²) in [6.07, 6.45) is 1.75. The Bertz CT molecular complexity index is 1320. The summed E-state index contributed by atoms with van der Waals surface area (Å²) in [4.78, 5) is 28.0. The first-order chi connectivity index (χ1) is 17.6. The van der Waals surface area contributed by atoms with Crippen LogP contribution < -0.4 is 10.6 Å². The van der Waals surface area contributed by atoms with Crippen molar-refractivity contribution in [3.05, 3.63) is 63.1 Å². The van der Waals surface area contributed by atoms with E-state index in [1.54, 1.807) is 13.0 Å². The quantitative estimate of drug-likeness (QED) is 0.407. The lowest BCUT2D eigenvalue weighted by molar-refractivity contribution is -0.126. The average Bonchev–Trinajstić information content (AvgIpc) is 3.24. The lowest BCUT2D eigenvalue weighted by Crippen LogP contribution is -2.49. The van der Waals surface area contributed by atoms with Crippen LogP contribution in [0.25, 0.3) is 0 Å². The molecule has 5 rings (SSSR count). The van der Waals surface area contributed by atoms with E-state index in [1.807, 2.05) is 20.8 Å². The first-order valence-electron chi connectivity index (χ1n) is 12.9. The van der Waals surface area contributed by atoms with Gasteiger partial charge >= 0.3 is 0 Å². The van der Waals surface area contributed by atoms with Crippen LogP contribution in [0.2, 0.25) is 10.0 Å². The summed E-state index contributed by atoms with van der Waals surface area (Å²) >= 11 is 12.3. The van der Waals surface area contributed by atoms with Gasteiger partial charge in [-0.1, -0.05) is 50.0 Å². The number of hydrogen-bond donors (Lipinski definition) is 3. The SMILES string of the molecule is CC(C)(C)C[C@H]1N[C@@H](C(=O)CC2CC(C)(O)C2)[C@H](c2ccc(F)c(Cl)c2)[C@@]12C(=O)Nc1cc(Cl)c(F)cc12. The van der Waals surface area contributed by atoms with Crippen LogP contribution in [0.3, 0.4) is 0 Å². The molecule has 5 nitrogen and oxygen atoms in total. The van der Waals surface area contributed by atoms with Gasteiger partial charge in [-0.3, -0.25) is 9.59 Å². The highest BCUT2D eigenvalue weighted by Crippen LogP contribution is 2.57. The molecule has 0 unspecified atom stereocenters. The number of carbonyl (C=O) groups excluding carboxylic acids is 2. The minimum atomic E-state index is -1.37. The number of halogens is 4. The first kappa shape index (κ1) is 27.5. The molecule has 1 amide bonds. The normalized spacial score (nSPS) is 32.3. The number of rotatable bonds is 5. The summed E-state index contributed by atoms with van der Waals surface area (Å²) in [5.74, 6) is -2.53. The molecule has 2 aliphatic heterocycles. The number of Topliss-reactive ketones (excluding diaryl/α,β-unsaturated/α-hetero) is 1. The third-order valence-electron chi connectivity index (χ3n) is 8.30. The second kappa shape index (κ2) is 9.26. The molecule has 3 N–H and O–H groups in total. The molecule has 2 fully saturated rings. The monoisotopic (exact) mass is 564 g/mol.